The van der Waals surface area contributed by atoms with Gasteiger partial charge in [0, 0.05) is 0 Å². The average molecular weight is 340 g/mol. The molecule has 0 radical (unpaired) electrons. The van der Waals surface area contributed by atoms with E-state index < -0.39 is 26.6 Å². The van der Waals surface area contributed by atoms with E-state index in [1.807, 2.05) is 0 Å². The molecule has 0 N–H and O–H groups in total. The zero-order valence-electron chi connectivity index (χ0n) is 12.3. The van der Waals surface area contributed by atoms with Crippen LogP contribution in [0.25, 0.3) is 0 Å². The summed E-state index contributed by atoms with van der Waals surface area (Å²) in [6, 6.07) is 6.89. The van der Waals surface area contributed by atoms with Crippen LogP contribution in [-0.4, -0.2) is 15.5 Å². The molecule has 23 heavy (non-hydrogen) atoms. The normalized spacial score (nSPS) is 11.1. The van der Waals surface area contributed by atoms with E-state index >= 15 is 0 Å². The molecule has 2 rings (SSSR count). The van der Waals surface area contributed by atoms with Gasteiger partial charge in [-0.3, -0.25) is 0 Å². The van der Waals surface area contributed by atoms with E-state index in [9.17, 15) is 17.2 Å². The molecule has 7 heteroatoms. The van der Waals surface area contributed by atoms with Crippen molar-refractivity contribution < 1.29 is 26.1 Å². The minimum atomic E-state index is -4.32. The van der Waals surface area contributed by atoms with Gasteiger partial charge in [-0.15, -0.1) is 6.58 Å². The summed E-state index contributed by atoms with van der Waals surface area (Å²) in [6.45, 7) is 3.61. The molecule has 122 valence electrons. The molecule has 0 aromatic heterocycles. The van der Waals surface area contributed by atoms with Crippen LogP contribution in [0.1, 0.15) is 5.56 Å². The van der Waals surface area contributed by atoms with Gasteiger partial charge in [-0.05, 0) is 42.3 Å². The molecule has 0 aliphatic heterocycles. The highest BCUT2D eigenvalue weighted by Crippen LogP contribution is 2.31. The fraction of sp³-hybridized carbons (Fsp3) is 0.125. The van der Waals surface area contributed by atoms with E-state index in [2.05, 4.69) is 6.58 Å². The molecule has 0 heterocycles. The fourth-order valence-corrected chi connectivity index (χ4v) is 2.83. The number of allylic oxidation sites excluding steroid dienone is 1. The monoisotopic (exact) mass is 340 g/mol. The van der Waals surface area contributed by atoms with Crippen molar-refractivity contribution in [3.8, 4) is 11.5 Å². The number of halogens is 2. The van der Waals surface area contributed by atoms with Gasteiger partial charge in [-0.2, -0.15) is 8.42 Å². The third-order valence-electron chi connectivity index (χ3n) is 2.99. The minimum absolute atomic E-state index is 0.0509. The molecule has 0 saturated carbocycles. The van der Waals surface area contributed by atoms with Crippen molar-refractivity contribution in [2.45, 2.75) is 11.3 Å². The number of methoxy groups -OCH3 is 1. The Morgan fingerprint density at radius 2 is 1.83 bits per heavy atom. The summed E-state index contributed by atoms with van der Waals surface area (Å²) in [5, 5.41) is 0. The molecule has 2 aromatic carbocycles. The van der Waals surface area contributed by atoms with E-state index in [0.29, 0.717) is 12.5 Å². The molecule has 2 aromatic rings. The highest BCUT2D eigenvalue weighted by molar-refractivity contribution is 7.87. The Balaban J connectivity index is 2.36. The Morgan fingerprint density at radius 3 is 2.43 bits per heavy atom. The van der Waals surface area contributed by atoms with Crippen molar-refractivity contribution in [3.05, 3.63) is 66.3 Å². The number of hydrogen-bond donors (Lipinski definition) is 0. The standard InChI is InChI=1S/C16H14F2O4S/c1-3-4-11-5-8-15(16(9-11)21-2)22-23(19,20)12-6-7-13(17)14(18)10-12/h3,5-10H,1,4H2,2H3. The third kappa shape index (κ3) is 3.87. The van der Waals surface area contributed by atoms with Gasteiger partial charge in [0.25, 0.3) is 0 Å². The van der Waals surface area contributed by atoms with E-state index in [0.717, 1.165) is 17.7 Å². The maximum absolute atomic E-state index is 13.2. The van der Waals surface area contributed by atoms with Crippen LogP contribution >= 0.6 is 0 Å². The second-order valence-electron chi connectivity index (χ2n) is 4.59. The van der Waals surface area contributed by atoms with E-state index in [1.165, 1.54) is 13.2 Å². The summed E-state index contributed by atoms with van der Waals surface area (Å²) < 4.78 is 60.5. The van der Waals surface area contributed by atoms with Gasteiger partial charge in [0.1, 0.15) is 4.90 Å². The Kier molecular flexibility index (Phi) is 5.00. The quantitative estimate of drug-likeness (QED) is 0.597. The third-order valence-corrected chi connectivity index (χ3v) is 4.22. The van der Waals surface area contributed by atoms with Gasteiger partial charge in [-0.25, -0.2) is 8.78 Å². The number of benzene rings is 2. The lowest BCUT2D eigenvalue weighted by atomic mass is 10.1. The first-order valence-corrected chi connectivity index (χ1v) is 7.95. The van der Waals surface area contributed by atoms with Crippen LogP contribution in [0.5, 0.6) is 11.5 Å². The summed E-state index contributed by atoms with van der Waals surface area (Å²) in [5.74, 6) is -2.26. The summed E-state index contributed by atoms with van der Waals surface area (Å²) in [7, 11) is -2.95. The van der Waals surface area contributed by atoms with E-state index in [4.69, 9.17) is 8.92 Å². The summed E-state index contributed by atoms with van der Waals surface area (Å²) in [4.78, 5) is -0.492. The van der Waals surface area contributed by atoms with Crippen molar-refractivity contribution in [1.29, 1.82) is 0 Å². The average Bonchev–Trinajstić information content (AvgIpc) is 2.51. The molecular weight excluding hydrogens is 326 g/mol. The number of hydrogen-bond acceptors (Lipinski definition) is 4. The van der Waals surface area contributed by atoms with Gasteiger partial charge >= 0.3 is 10.1 Å². The van der Waals surface area contributed by atoms with Gasteiger partial charge in [0.2, 0.25) is 0 Å². The lowest BCUT2D eigenvalue weighted by Gasteiger charge is -2.12. The number of rotatable bonds is 6. The Labute approximate surface area is 133 Å². The lowest BCUT2D eigenvalue weighted by molar-refractivity contribution is 0.390. The molecule has 0 fully saturated rings. The summed E-state index contributed by atoms with van der Waals surface area (Å²) >= 11 is 0. The maximum atomic E-state index is 13.2. The van der Waals surface area contributed by atoms with Crippen LogP contribution in [-0.2, 0) is 16.5 Å². The predicted molar refractivity (Wildman–Crippen MR) is 81.1 cm³/mol. The van der Waals surface area contributed by atoms with E-state index in [1.54, 1.807) is 18.2 Å². The molecule has 4 nitrogen and oxygen atoms in total. The lowest BCUT2D eigenvalue weighted by Crippen LogP contribution is -2.11. The number of ether oxygens (including phenoxy) is 1. The maximum Gasteiger partial charge on any atom is 0.339 e. The van der Waals surface area contributed by atoms with Gasteiger partial charge in [-0.1, -0.05) is 12.1 Å². The van der Waals surface area contributed by atoms with Gasteiger partial charge in [0.15, 0.2) is 23.1 Å². The highest BCUT2D eigenvalue weighted by atomic mass is 32.2. The molecule has 0 amide bonds. The molecule has 0 saturated heterocycles. The van der Waals surface area contributed by atoms with Crippen LogP contribution in [0.2, 0.25) is 0 Å². The first-order valence-electron chi connectivity index (χ1n) is 6.54. The van der Waals surface area contributed by atoms with Crippen LogP contribution in [0, 0.1) is 11.6 Å². The smallest absolute Gasteiger partial charge is 0.339 e. The second kappa shape index (κ2) is 6.78. The minimum Gasteiger partial charge on any atom is -0.493 e. The molecule has 0 unspecified atom stereocenters. The van der Waals surface area contributed by atoms with Crippen molar-refractivity contribution in [2.75, 3.05) is 7.11 Å². The van der Waals surface area contributed by atoms with Crippen LogP contribution in [0.4, 0.5) is 8.78 Å². The zero-order chi connectivity index (χ0) is 17.0. The van der Waals surface area contributed by atoms with Crippen LogP contribution < -0.4 is 8.92 Å². The summed E-state index contributed by atoms with van der Waals surface area (Å²) in [6.07, 6.45) is 2.26. The van der Waals surface area contributed by atoms with Gasteiger partial charge < -0.3 is 8.92 Å². The first kappa shape index (κ1) is 17.0. The van der Waals surface area contributed by atoms with Crippen molar-refractivity contribution in [1.82, 2.24) is 0 Å². The molecular formula is C16H14F2O4S. The topological polar surface area (TPSA) is 52.6 Å². The Morgan fingerprint density at radius 1 is 1.09 bits per heavy atom. The predicted octanol–water partition coefficient (Wildman–Crippen LogP) is 3.47. The highest BCUT2D eigenvalue weighted by Gasteiger charge is 2.21. The second-order valence-corrected chi connectivity index (χ2v) is 6.14. The Bertz CT molecular complexity index is 832. The largest absolute Gasteiger partial charge is 0.493 e. The van der Waals surface area contributed by atoms with Crippen LogP contribution in [0.15, 0.2) is 53.9 Å². The fourth-order valence-electron chi connectivity index (χ4n) is 1.87. The zero-order valence-corrected chi connectivity index (χ0v) is 13.1. The molecule has 0 spiro atoms. The Hall–Kier alpha value is -2.41. The SMILES string of the molecule is C=CCc1ccc(OS(=O)(=O)c2ccc(F)c(F)c2)c(OC)c1. The van der Waals surface area contributed by atoms with Crippen molar-refractivity contribution in [3.63, 3.8) is 0 Å². The molecule has 0 atom stereocenters. The molecule has 0 aliphatic rings. The molecule has 0 bridgehead atoms. The van der Waals surface area contributed by atoms with E-state index in [-0.39, 0.29) is 11.5 Å². The van der Waals surface area contributed by atoms with Gasteiger partial charge in [0.05, 0.1) is 7.11 Å². The molecule has 0 aliphatic carbocycles. The summed E-state index contributed by atoms with van der Waals surface area (Å²) in [5.41, 5.74) is 0.856. The van der Waals surface area contributed by atoms with Crippen molar-refractivity contribution >= 4 is 10.1 Å². The first-order chi connectivity index (χ1) is 10.9. The van der Waals surface area contributed by atoms with Crippen molar-refractivity contribution in [2.24, 2.45) is 0 Å². The van der Waals surface area contributed by atoms with Crippen LogP contribution in [0.3, 0.4) is 0 Å².